The largest absolute Gasteiger partial charge is 0.496 e. The third-order valence-corrected chi connectivity index (χ3v) is 5.23. The standard InChI is InChI=1S/C16H23BrClNO/c1-20-16-7-6-12(8-15(16)17)10-19-11-14-5-3-2-4-13(14)9-18/h6-8,13-14,19H,2-5,9-11H2,1H3. The summed E-state index contributed by atoms with van der Waals surface area (Å²) >= 11 is 9.60. The van der Waals surface area contributed by atoms with Gasteiger partial charge in [-0.1, -0.05) is 18.9 Å². The van der Waals surface area contributed by atoms with Crippen LogP contribution >= 0.6 is 27.5 Å². The highest BCUT2D eigenvalue weighted by atomic mass is 79.9. The van der Waals surface area contributed by atoms with Gasteiger partial charge in [0, 0.05) is 12.4 Å². The second-order valence-corrected chi connectivity index (χ2v) is 6.72. The van der Waals surface area contributed by atoms with Crippen molar-refractivity contribution in [2.24, 2.45) is 11.8 Å². The maximum absolute atomic E-state index is 6.08. The zero-order valence-electron chi connectivity index (χ0n) is 12.0. The molecule has 4 heteroatoms. The van der Waals surface area contributed by atoms with E-state index in [-0.39, 0.29) is 0 Å². The molecular weight excluding hydrogens is 338 g/mol. The molecule has 0 bridgehead atoms. The summed E-state index contributed by atoms with van der Waals surface area (Å²) in [6, 6.07) is 6.23. The molecule has 2 atom stereocenters. The number of benzene rings is 1. The zero-order valence-corrected chi connectivity index (χ0v) is 14.3. The molecule has 2 unspecified atom stereocenters. The van der Waals surface area contributed by atoms with E-state index in [4.69, 9.17) is 16.3 Å². The van der Waals surface area contributed by atoms with E-state index in [1.165, 1.54) is 31.2 Å². The lowest BCUT2D eigenvalue weighted by molar-refractivity contribution is 0.250. The second-order valence-electron chi connectivity index (χ2n) is 5.56. The Balaban J connectivity index is 1.81. The third kappa shape index (κ3) is 4.37. The second kappa shape index (κ2) is 8.26. The third-order valence-electron chi connectivity index (χ3n) is 4.22. The summed E-state index contributed by atoms with van der Waals surface area (Å²) in [4.78, 5) is 0. The van der Waals surface area contributed by atoms with Crippen LogP contribution in [0.2, 0.25) is 0 Å². The first-order chi connectivity index (χ1) is 9.74. The van der Waals surface area contributed by atoms with Gasteiger partial charge in [-0.15, -0.1) is 11.6 Å². The predicted octanol–water partition coefficient (Wildman–Crippen LogP) is 4.59. The molecule has 1 aromatic rings. The number of ether oxygens (including phenoxy) is 1. The average Bonchev–Trinajstić information content (AvgIpc) is 2.48. The Bertz CT molecular complexity index is 427. The van der Waals surface area contributed by atoms with Crippen molar-refractivity contribution in [3.8, 4) is 5.75 Å². The van der Waals surface area contributed by atoms with Gasteiger partial charge in [-0.05, 0) is 64.8 Å². The van der Waals surface area contributed by atoms with E-state index in [1.54, 1.807) is 7.11 Å². The first kappa shape index (κ1) is 16.1. The maximum Gasteiger partial charge on any atom is 0.133 e. The number of halogens is 2. The molecule has 1 aliphatic carbocycles. The Labute approximate surface area is 135 Å². The van der Waals surface area contributed by atoms with Crippen LogP contribution in [0.3, 0.4) is 0 Å². The van der Waals surface area contributed by atoms with Crippen molar-refractivity contribution in [3.63, 3.8) is 0 Å². The van der Waals surface area contributed by atoms with Crippen LogP contribution in [0.25, 0.3) is 0 Å². The summed E-state index contributed by atoms with van der Waals surface area (Å²) in [5.41, 5.74) is 1.27. The fourth-order valence-electron chi connectivity index (χ4n) is 2.98. The van der Waals surface area contributed by atoms with Gasteiger partial charge in [0.05, 0.1) is 11.6 Å². The number of alkyl halides is 1. The molecule has 0 heterocycles. The van der Waals surface area contributed by atoms with Gasteiger partial charge < -0.3 is 10.1 Å². The molecule has 0 amide bonds. The van der Waals surface area contributed by atoms with Crippen LogP contribution in [0.1, 0.15) is 31.2 Å². The molecule has 2 nitrogen and oxygen atoms in total. The van der Waals surface area contributed by atoms with Gasteiger partial charge >= 0.3 is 0 Å². The van der Waals surface area contributed by atoms with E-state index >= 15 is 0 Å². The van der Waals surface area contributed by atoms with Crippen LogP contribution in [0.15, 0.2) is 22.7 Å². The van der Waals surface area contributed by atoms with Crippen molar-refractivity contribution in [2.45, 2.75) is 32.2 Å². The van der Waals surface area contributed by atoms with Gasteiger partial charge in [0.15, 0.2) is 0 Å². The first-order valence-electron chi connectivity index (χ1n) is 7.33. The number of rotatable bonds is 6. The Hall–Kier alpha value is -0.250. The summed E-state index contributed by atoms with van der Waals surface area (Å²) < 4.78 is 6.26. The quantitative estimate of drug-likeness (QED) is 0.749. The SMILES string of the molecule is COc1ccc(CNCC2CCCCC2CCl)cc1Br. The molecular formula is C16H23BrClNO. The molecule has 1 saturated carbocycles. The smallest absolute Gasteiger partial charge is 0.133 e. The molecule has 1 fully saturated rings. The maximum atomic E-state index is 6.08. The molecule has 1 N–H and O–H groups in total. The van der Waals surface area contributed by atoms with Crippen molar-refractivity contribution in [3.05, 3.63) is 28.2 Å². The highest BCUT2D eigenvalue weighted by Gasteiger charge is 2.23. The Morgan fingerprint density at radius 1 is 1.30 bits per heavy atom. The van der Waals surface area contributed by atoms with Crippen LogP contribution in [-0.2, 0) is 6.54 Å². The van der Waals surface area contributed by atoms with E-state index in [2.05, 4.69) is 33.4 Å². The lowest BCUT2D eigenvalue weighted by Crippen LogP contribution is -2.31. The topological polar surface area (TPSA) is 21.3 Å². The summed E-state index contributed by atoms with van der Waals surface area (Å²) in [7, 11) is 1.69. The minimum Gasteiger partial charge on any atom is -0.496 e. The molecule has 0 aromatic heterocycles. The Kier molecular flexibility index (Phi) is 6.66. The molecule has 1 aliphatic rings. The monoisotopic (exact) mass is 359 g/mol. The van der Waals surface area contributed by atoms with Crippen LogP contribution < -0.4 is 10.1 Å². The highest BCUT2D eigenvalue weighted by molar-refractivity contribution is 9.10. The number of methoxy groups -OCH3 is 1. The molecule has 1 aromatic carbocycles. The summed E-state index contributed by atoms with van der Waals surface area (Å²) in [5.74, 6) is 3.12. The molecule has 0 saturated heterocycles. The van der Waals surface area contributed by atoms with Gasteiger partial charge in [-0.2, -0.15) is 0 Å². The zero-order chi connectivity index (χ0) is 14.4. The van der Waals surface area contributed by atoms with E-state index in [1.807, 2.05) is 6.07 Å². The summed E-state index contributed by atoms with van der Waals surface area (Å²) in [6.07, 6.45) is 5.31. The minimum atomic E-state index is 0.695. The van der Waals surface area contributed by atoms with E-state index < -0.39 is 0 Å². The van der Waals surface area contributed by atoms with Gasteiger partial charge in [0.25, 0.3) is 0 Å². The summed E-state index contributed by atoms with van der Waals surface area (Å²) in [5, 5.41) is 3.58. The van der Waals surface area contributed by atoms with Crippen LogP contribution in [-0.4, -0.2) is 19.5 Å². The number of nitrogens with one attached hydrogen (secondary N) is 1. The van der Waals surface area contributed by atoms with Gasteiger partial charge in [-0.3, -0.25) is 0 Å². The van der Waals surface area contributed by atoms with Gasteiger partial charge in [0.1, 0.15) is 5.75 Å². The molecule has 20 heavy (non-hydrogen) atoms. The van der Waals surface area contributed by atoms with E-state index in [9.17, 15) is 0 Å². The molecule has 112 valence electrons. The van der Waals surface area contributed by atoms with Crippen molar-refractivity contribution >= 4 is 27.5 Å². The van der Waals surface area contributed by atoms with Crippen molar-refractivity contribution in [1.29, 1.82) is 0 Å². The fourth-order valence-corrected chi connectivity index (χ4v) is 3.97. The van der Waals surface area contributed by atoms with Crippen molar-refractivity contribution in [1.82, 2.24) is 5.32 Å². The van der Waals surface area contributed by atoms with E-state index in [0.717, 1.165) is 35.1 Å². The molecule has 0 spiro atoms. The van der Waals surface area contributed by atoms with Gasteiger partial charge in [-0.25, -0.2) is 0 Å². The Morgan fingerprint density at radius 3 is 2.70 bits per heavy atom. The lowest BCUT2D eigenvalue weighted by atomic mass is 9.80. The van der Waals surface area contributed by atoms with Crippen LogP contribution in [0.5, 0.6) is 5.75 Å². The van der Waals surface area contributed by atoms with Crippen molar-refractivity contribution < 1.29 is 4.74 Å². The molecule has 0 radical (unpaired) electrons. The highest BCUT2D eigenvalue weighted by Crippen LogP contribution is 2.30. The van der Waals surface area contributed by atoms with Crippen molar-refractivity contribution in [2.75, 3.05) is 19.5 Å². The minimum absolute atomic E-state index is 0.695. The number of hydrogen-bond donors (Lipinski definition) is 1. The summed E-state index contributed by atoms with van der Waals surface area (Å²) in [6.45, 7) is 1.97. The Morgan fingerprint density at radius 2 is 2.05 bits per heavy atom. The number of hydrogen-bond acceptors (Lipinski definition) is 2. The molecule has 0 aliphatic heterocycles. The fraction of sp³-hybridized carbons (Fsp3) is 0.625. The van der Waals surface area contributed by atoms with E-state index in [0.29, 0.717) is 5.92 Å². The average molecular weight is 361 g/mol. The van der Waals surface area contributed by atoms with Gasteiger partial charge in [0.2, 0.25) is 0 Å². The predicted molar refractivity (Wildman–Crippen MR) is 88.6 cm³/mol. The van der Waals surface area contributed by atoms with Crippen LogP contribution in [0.4, 0.5) is 0 Å². The normalized spacial score (nSPS) is 22.8. The lowest BCUT2D eigenvalue weighted by Gasteiger charge is -2.30. The molecule has 2 rings (SSSR count). The van der Waals surface area contributed by atoms with Crippen LogP contribution in [0, 0.1) is 11.8 Å². The first-order valence-corrected chi connectivity index (χ1v) is 8.66.